The summed E-state index contributed by atoms with van der Waals surface area (Å²) in [6, 6.07) is 17.7. The fourth-order valence-electron chi connectivity index (χ4n) is 2.92. The quantitative estimate of drug-likeness (QED) is 0.477. The van der Waals surface area contributed by atoms with Crippen LogP contribution in [-0.2, 0) is 6.42 Å². The molecule has 146 valence electrons. The van der Waals surface area contributed by atoms with Crippen LogP contribution in [0.25, 0.3) is 10.9 Å². The van der Waals surface area contributed by atoms with Crippen LogP contribution < -0.4 is 15.4 Å². The Morgan fingerprint density at radius 1 is 1.14 bits per heavy atom. The summed E-state index contributed by atoms with van der Waals surface area (Å²) in [6.07, 6.45) is 2.52. The van der Waals surface area contributed by atoms with Gasteiger partial charge in [-0.2, -0.15) is 0 Å². The first-order chi connectivity index (χ1) is 14.2. The molecule has 2 aromatic heterocycles. The van der Waals surface area contributed by atoms with Crippen LogP contribution in [0.3, 0.4) is 0 Å². The van der Waals surface area contributed by atoms with Gasteiger partial charge in [0.05, 0.1) is 12.6 Å². The number of anilines is 2. The van der Waals surface area contributed by atoms with Gasteiger partial charge in [0.15, 0.2) is 5.13 Å². The second kappa shape index (κ2) is 8.70. The Labute approximate surface area is 172 Å². The molecule has 2 N–H and O–H groups in total. The minimum atomic E-state index is -0.175. The molecule has 0 atom stereocenters. The minimum absolute atomic E-state index is 0.175. The zero-order valence-electron chi connectivity index (χ0n) is 15.9. The van der Waals surface area contributed by atoms with Crippen molar-refractivity contribution >= 4 is 39.0 Å². The highest BCUT2D eigenvalue weighted by atomic mass is 32.1. The van der Waals surface area contributed by atoms with Gasteiger partial charge in [-0.1, -0.05) is 18.2 Å². The van der Waals surface area contributed by atoms with Crippen molar-refractivity contribution in [2.45, 2.75) is 6.42 Å². The molecule has 2 aromatic carbocycles. The van der Waals surface area contributed by atoms with E-state index in [4.69, 9.17) is 4.74 Å². The number of nitrogens with zero attached hydrogens (tertiary/aromatic N) is 2. The van der Waals surface area contributed by atoms with Crippen LogP contribution >= 0.6 is 11.3 Å². The van der Waals surface area contributed by atoms with E-state index < -0.39 is 0 Å². The second-order valence-corrected chi connectivity index (χ2v) is 7.29. The molecule has 0 saturated heterocycles. The predicted molar refractivity (Wildman–Crippen MR) is 116 cm³/mol. The zero-order valence-corrected chi connectivity index (χ0v) is 16.7. The largest absolute Gasteiger partial charge is 0.497 e. The summed E-state index contributed by atoms with van der Waals surface area (Å²) >= 11 is 1.40. The average Bonchev–Trinajstić information content (AvgIpc) is 3.23. The van der Waals surface area contributed by atoms with Gasteiger partial charge in [-0.3, -0.25) is 9.78 Å². The van der Waals surface area contributed by atoms with Crippen molar-refractivity contribution in [1.29, 1.82) is 0 Å². The number of pyridine rings is 1. The van der Waals surface area contributed by atoms with E-state index in [0.29, 0.717) is 17.4 Å². The molecule has 29 heavy (non-hydrogen) atoms. The highest BCUT2D eigenvalue weighted by Gasteiger charge is 2.11. The number of rotatable bonds is 7. The van der Waals surface area contributed by atoms with Gasteiger partial charge < -0.3 is 15.4 Å². The summed E-state index contributed by atoms with van der Waals surface area (Å²) in [4.78, 5) is 21.1. The number of carbonyl (C=O) groups excluding carboxylic acids is 1. The fraction of sp³-hybridized carbons (Fsp3) is 0.136. The number of amides is 1. The normalized spacial score (nSPS) is 10.7. The molecule has 0 unspecified atom stereocenters. The molecule has 2 heterocycles. The van der Waals surface area contributed by atoms with E-state index in [1.165, 1.54) is 11.3 Å². The molecule has 4 aromatic rings. The highest BCUT2D eigenvalue weighted by molar-refractivity contribution is 7.14. The molecular weight excluding hydrogens is 384 g/mol. The first kappa shape index (κ1) is 18.9. The number of thiazole rings is 1. The summed E-state index contributed by atoms with van der Waals surface area (Å²) in [5.41, 5.74) is 3.40. The average molecular weight is 404 g/mol. The summed E-state index contributed by atoms with van der Waals surface area (Å²) in [7, 11) is 1.64. The molecule has 0 bridgehead atoms. The summed E-state index contributed by atoms with van der Waals surface area (Å²) in [5, 5.41) is 9.65. The van der Waals surface area contributed by atoms with E-state index in [2.05, 4.69) is 20.6 Å². The topological polar surface area (TPSA) is 76.1 Å². The second-order valence-electron chi connectivity index (χ2n) is 6.43. The molecular formula is C22H20N4O2S. The van der Waals surface area contributed by atoms with E-state index in [1.807, 2.05) is 54.6 Å². The lowest BCUT2D eigenvalue weighted by atomic mass is 10.1. The summed E-state index contributed by atoms with van der Waals surface area (Å²) in [5.74, 6) is 0.647. The predicted octanol–water partition coefficient (Wildman–Crippen LogP) is 4.42. The molecule has 1 amide bonds. The van der Waals surface area contributed by atoms with Gasteiger partial charge in [0, 0.05) is 29.2 Å². The van der Waals surface area contributed by atoms with Crippen molar-refractivity contribution in [1.82, 2.24) is 15.3 Å². The molecule has 0 aliphatic rings. The van der Waals surface area contributed by atoms with Gasteiger partial charge in [0.2, 0.25) is 0 Å². The number of benzene rings is 2. The van der Waals surface area contributed by atoms with Crippen molar-refractivity contribution in [2.24, 2.45) is 0 Å². The van der Waals surface area contributed by atoms with Crippen molar-refractivity contribution in [3.8, 4) is 5.75 Å². The van der Waals surface area contributed by atoms with Crippen molar-refractivity contribution in [3.05, 3.63) is 77.4 Å². The Hall–Kier alpha value is -3.45. The Balaban J connectivity index is 1.33. The van der Waals surface area contributed by atoms with Crippen LogP contribution in [0.5, 0.6) is 5.75 Å². The molecule has 4 rings (SSSR count). The van der Waals surface area contributed by atoms with Gasteiger partial charge in [-0.05, 0) is 48.4 Å². The number of hydrogen-bond donors (Lipinski definition) is 2. The molecule has 6 nitrogen and oxygen atoms in total. The Kier molecular flexibility index (Phi) is 5.67. The number of hydrogen-bond acceptors (Lipinski definition) is 6. The van der Waals surface area contributed by atoms with Gasteiger partial charge in [-0.25, -0.2) is 4.98 Å². The van der Waals surface area contributed by atoms with Gasteiger partial charge in [0.1, 0.15) is 11.4 Å². The van der Waals surface area contributed by atoms with Crippen LogP contribution in [0.4, 0.5) is 10.8 Å². The molecule has 0 spiro atoms. The Bertz CT molecular complexity index is 1130. The fourth-order valence-corrected chi connectivity index (χ4v) is 3.63. The van der Waals surface area contributed by atoms with E-state index in [1.54, 1.807) is 18.7 Å². The number of nitrogens with one attached hydrogen (secondary N) is 2. The first-order valence-corrected chi connectivity index (χ1v) is 10.1. The third-order valence-corrected chi connectivity index (χ3v) is 5.21. The third kappa shape index (κ3) is 4.70. The van der Waals surface area contributed by atoms with Gasteiger partial charge in [-0.15, -0.1) is 11.3 Å². The van der Waals surface area contributed by atoms with Crippen LogP contribution in [0.15, 0.2) is 66.2 Å². The lowest BCUT2D eigenvalue weighted by Crippen LogP contribution is -2.25. The van der Waals surface area contributed by atoms with Crippen molar-refractivity contribution in [2.75, 3.05) is 19.0 Å². The van der Waals surface area contributed by atoms with Gasteiger partial charge >= 0.3 is 0 Å². The maximum Gasteiger partial charge on any atom is 0.270 e. The first-order valence-electron chi connectivity index (χ1n) is 9.20. The summed E-state index contributed by atoms with van der Waals surface area (Å²) in [6.45, 7) is 0.545. The Morgan fingerprint density at radius 3 is 2.83 bits per heavy atom. The summed E-state index contributed by atoms with van der Waals surface area (Å²) < 4.78 is 5.15. The molecule has 0 saturated carbocycles. The lowest BCUT2D eigenvalue weighted by Gasteiger charge is -2.05. The lowest BCUT2D eigenvalue weighted by molar-refractivity contribution is 0.0950. The van der Waals surface area contributed by atoms with Crippen LogP contribution in [-0.4, -0.2) is 29.5 Å². The number of carbonyl (C=O) groups is 1. The maximum atomic E-state index is 12.4. The number of ether oxygens (including phenoxy) is 1. The van der Waals surface area contributed by atoms with Crippen molar-refractivity contribution < 1.29 is 9.53 Å². The zero-order chi connectivity index (χ0) is 20.1. The van der Waals surface area contributed by atoms with Crippen LogP contribution in [0.1, 0.15) is 16.1 Å². The molecule has 7 heteroatoms. The van der Waals surface area contributed by atoms with Crippen molar-refractivity contribution in [3.63, 3.8) is 0 Å². The van der Waals surface area contributed by atoms with Crippen LogP contribution in [0, 0.1) is 0 Å². The smallest absolute Gasteiger partial charge is 0.270 e. The monoisotopic (exact) mass is 404 g/mol. The van der Waals surface area contributed by atoms with Gasteiger partial charge in [0.25, 0.3) is 5.91 Å². The maximum absolute atomic E-state index is 12.4. The Morgan fingerprint density at radius 2 is 2.00 bits per heavy atom. The molecule has 0 radical (unpaired) electrons. The van der Waals surface area contributed by atoms with E-state index in [9.17, 15) is 4.79 Å². The minimum Gasteiger partial charge on any atom is -0.497 e. The molecule has 0 aliphatic heterocycles. The van der Waals surface area contributed by atoms with Crippen LogP contribution in [0.2, 0.25) is 0 Å². The van der Waals surface area contributed by atoms with E-state index >= 15 is 0 Å². The van der Waals surface area contributed by atoms with E-state index in [0.717, 1.165) is 34.3 Å². The third-order valence-electron chi connectivity index (χ3n) is 4.45. The highest BCUT2D eigenvalue weighted by Crippen LogP contribution is 2.23. The number of fused-ring (bicyclic) bond motifs is 1. The molecule has 0 aliphatic carbocycles. The standard InChI is InChI=1S/C22H20N4O2S/c1-28-18-7-4-15(5-8-18)10-12-24-21(27)20-14-29-22(26-20)25-17-6-9-19-16(13-17)3-2-11-23-19/h2-9,11,13-14H,10,12H2,1H3,(H,24,27)(H,25,26). The number of aromatic nitrogens is 2. The SMILES string of the molecule is COc1ccc(CCNC(=O)c2csc(Nc3ccc4ncccc4c3)n2)cc1. The van der Waals surface area contributed by atoms with E-state index in [-0.39, 0.29) is 5.91 Å². The molecule has 0 fully saturated rings. The number of methoxy groups -OCH3 is 1.